The van der Waals surface area contributed by atoms with E-state index in [2.05, 4.69) is 15.5 Å². The van der Waals surface area contributed by atoms with Gasteiger partial charge in [-0.05, 0) is 19.1 Å². The molecule has 0 bridgehead atoms. The van der Waals surface area contributed by atoms with Gasteiger partial charge in [-0.3, -0.25) is 9.20 Å². The van der Waals surface area contributed by atoms with Gasteiger partial charge in [0.1, 0.15) is 0 Å². The van der Waals surface area contributed by atoms with Gasteiger partial charge in [-0.15, -0.1) is 10.2 Å². The summed E-state index contributed by atoms with van der Waals surface area (Å²) in [7, 11) is 0. The minimum Gasteiger partial charge on any atom is -0.352 e. The molecule has 0 radical (unpaired) electrons. The monoisotopic (exact) mass is 266 g/mol. The Hall–Kier alpha value is -2.69. The van der Waals surface area contributed by atoms with E-state index in [-0.39, 0.29) is 5.91 Å². The first-order valence-electron chi connectivity index (χ1n) is 6.48. The summed E-state index contributed by atoms with van der Waals surface area (Å²) in [6.07, 6.45) is 1.86. The molecule has 2 aromatic heterocycles. The number of hydrogen-bond donors (Lipinski definition) is 1. The molecule has 1 aromatic carbocycles. The summed E-state index contributed by atoms with van der Waals surface area (Å²) in [5.74, 6) is 0.594. The summed E-state index contributed by atoms with van der Waals surface area (Å²) in [4.78, 5) is 12.0. The highest BCUT2D eigenvalue weighted by atomic mass is 16.1. The van der Waals surface area contributed by atoms with Crippen LogP contribution in [-0.4, -0.2) is 27.0 Å². The number of aromatic nitrogens is 3. The van der Waals surface area contributed by atoms with Crippen molar-refractivity contribution in [2.45, 2.75) is 6.92 Å². The van der Waals surface area contributed by atoms with E-state index >= 15 is 0 Å². The molecule has 5 nitrogen and oxygen atoms in total. The lowest BCUT2D eigenvalue weighted by Gasteiger charge is -2.04. The molecular formula is C15H14N4O. The molecule has 0 saturated carbocycles. The van der Waals surface area contributed by atoms with E-state index in [1.165, 1.54) is 0 Å². The zero-order valence-corrected chi connectivity index (χ0v) is 11.1. The third-order valence-corrected chi connectivity index (χ3v) is 3.05. The fourth-order valence-corrected chi connectivity index (χ4v) is 2.13. The lowest BCUT2D eigenvalue weighted by Crippen LogP contribution is -2.23. The number of fused-ring (bicyclic) bond motifs is 1. The second-order valence-corrected chi connectivity index (χ2v) is 4.36. The minimum absolute atomic E-state index is 0.134. The SMILES string of the molecule is CCNC(=O)c1cccn2c(-c3ccccc3)nnc12. The van der Waals surface area contributed by atoms with Crippen molar-refractivity contribution in [1.82, 2.24) is 19.9 Å². The van der Waals surface area contributed by atoms with E-state index < -0.39 is 0 Å². The summed E-state index contributed by atoms with van der Waals surface area (Å²) in [6, 6.07) is 13.4. The van der Waals surface area contributed by atoms with Gasteiger partial charge in [0.15, 0.2) is 11.5 Å². The number of nitrogens with one attached hydrogen (secondary N) is 1. The van der Waals surface area contributed by atoms with Crippen molar-refractivity contribution in [1.29, 1.82) is 0 Å². The molecule has 100 valence electrons. The summed E-state index contributed by atoms with van der Waals surface area (Å²) >= 11 is 0. The fraction of sp³-hybridized carbons (Fsp3) is 0.133. The number of pyridine rings is 1. The van der Waals surface area contributed by atoms with E-state index in [0.29, 0.717) is 17.8 Å². The second kappa shape index (κ2) is 5.13. The Morgan fingerprint density at radius 1 is 1.15 bits per heavy atom. The van der Waals surface area contributed by atoms with Crippen LogP contribution in [0.15, 0.2) is 48.7 Å². The van der Waals surface area contributed by atoms with E-state index in [1.54, 1.807) is 6.07 Å². The van der Waals surface area contributed by atoms with Gasteiger partial charge in [0, 0.05) is 18.3 Å². The third kappa shape index (κ3) is 2.03. The van der Waals surface area contributed by atoms with Crippen LogP contribution < -0.4 is 5.32 Å². The maximum Gasteiger partial charge on any atom is 0.255 e. The van der Waals surface area contributed by atoms with Crippen LogP contribution in [0.1, 0.15) is 17.3 Å². The van der Waals surface area contributed by atoms with Crippen LogP contribution in [-0.2, 0) is 0 Å². The van der Waals surface area contributed by atoms with Gasteiger partial charge in [0.25, 0.3) is 5.91 Å². The first-order chi connectivity index (χ1) is 9.81. The maximum atomic E-state index is 12.0. The molecule has 0 atom stereocenters. The Labute approximate surface area is 116 Å². The first kappa shape index (κ1) is 12.3. The van der Waals surface area contributed by atoms with E-state index in [0.717, 1.165) is 11.4 Å². The number of benzene rings is 1. The topological polar surface area (TPSA) is 59.3 Å². The summed E-state index contributed by atoms with van der Waals surface area (Å²) in [5.41, 5.74) is 2.06. The van der Waals surface area contributed by atoms with Crippen molar-refractivity contribution in [3.63, 3.8) is 0 Å². The van der Waals surface area contributed by atoms with Gasteiger partial charge < -0.3 is 5.32 Å². The molecule has 0 spiro atoms. The zero-order chi connectivity index (χ0) is 13.9. The van der Waals surface area contributed by atoms with Crippen LogP contribution in [0, 0.1) is 0 Å². The quantitative estimate of drug-likeness (QED) is 0.790. The lowest BCUT2D eigenvalue weighted by molar-refractivity contribution is 0.0957. The second-order valence-electron chi connectivity index (χ2n) is 4.36. The summed E-state index contributed by atoms with van der Waals surface area (Å²) < 4.78 is 1.83. The largest absolute Gasteiger partial charge is 0.352 e. The number of carbonyl (C=O) groups is 1. The van der Waals surface area contributed by atoms with Gasteiger partial charge in [-0.1, -0.05) is 30.3 Å². The highest BCUT2D eigenvalue weighted by Crippen LogP contribution is 2.19. The van der Waals surface area contributed by atoms with Gasteiger partial charge in [-0.25, -0.2) is 0 Å². The smallest absolute Gasteiger partial charge is 0.255 e. The molecule has 0 saturated heterocycles. The average molecular weight is 266 g/mol. The highest BCUT2D eigenvalue weighted by molar-refractivity contribution is 5.99. The predicted molar refractivity (Wildman–Crippen MR) is 76.4 cm³/mol. The standard InChI is InChI=1S/C15H14N4O/c1-2-16-15(20)12-9-6-10-19-13(17-18-14(12)19)11-7-4-3-5-8-11/h3-10H,2H2,1H3,(H,16,20). The number of nitrogens with zero attached hydrogens (tertiary/aromatic N) is 3. The summed E-state index contributed by atoms with van der Waals surface area (Å²) in [6.45, 7) is 2.47. The Morgan fingerprint density at radius 3 is 2.70 bits per heavy atom. The van der Waals surface area contributed by atoms with Gasteiger partial charge in [0.05, 0.1) is 5.56 Å². The molecule has 5 heteroatoms. The molecule has 3 rings (SSSR count). The van der Waals surface area contributed by atoms with Gasteiger partial charge in [0.2, 0.25) is 0 Å². The van der Waals surface area contributed by atoms with Crippen LogP contribution in [0.5, 0.6) is 0 Å². The van der Waals surface area contributed by atoms with E-state index in [1.807, 2.05) is 53.9 Å². The van der Waals surface area contributed by atoms with Crippen molar-refractivity contribution < 1.29 is 4.79 Å². The Kier molecular flexibility index (Phi) is 3.16. The van der Waals surface area contributed by atoms with Crippen LogP contribution in [0.3, 0.4) is 0 Å². The fourth-order valence-electron chi connectivity index (χ4n) is 2.13. The van der Waals surface area contributed by atoms with Crippen LogP contribution in [0.2, 0.25) is 0 Å². The molecule has 2 heterocycles. The molecule has 0 aliphatic rings. The highest BCUT2D eigenvalue weighted by Gasteiger charge is 2.14. The van der Waals surface area contributed by atoms with E-state index in [4.69, 9.17) is 0 Å². The Bertz CT molecular complexity index is 749. The minimum atomic E-state index is -0.134. The molecule has 0 unspecified atom stereocenters. The summed E-state index contributed by atoms with van der Waals surface area (Å²) in [5, 5.41) is 11.1. The average Bonchev–Trinajstić information content (AvgIpc) is 2.92. The number of rotatable bonds is 3. The molecule has 0 aliphatic heterocycles. The first-order valence-corrected chi connectivity index (χ1v) is 6.48. The molecule has 1 amide bonds. The van der Waals surface area contributed by atoms with Crippen molar-refractivity contribution in [2.24, 2.45) is 0 Å². The van der Waals surface area contributed by atoms with Crippen LogP contribution >= 0.6 is 0 Å². The van der Waals surface area contributed by atoms with Crippen molar-refractivity contribution >= 4 is 11.6 Å². The normalized spacial score (nSPS) is 10.7. The van der Waals surface area contributed by atoms with Gasteiger partial charge in [-0.2, -0.15) is 0 Å². The Morgan fingerprint density at radius 2 is 1.95 bits per heavy atom. The Balaban J connectivity index is 2.15. The molecule has 1 N–H and O–H groups in total. The predicted octanol–water partition coefficient (Wildman–Crippen LogP) is 2.15. The number of hydrogen-bond acceptors (Lipinski definition) is 3. The molecule has 0 aliphatic carbocycles. The van der Waals surface area contributed by atoms with Crippen LogP contribution in [0.4, 0.5) is 0 Å². The molecule has 3 aromatic rings. The molecule has 20 heavy (non-hydrogen) atoms. The van der Waals surface area contributed by atoms with Gasteiger partial charge >= 0.3 is 0 Å². The van der Waals surface area contributed by atoms with Crippen molar-refractivity contribution in [3.8, 4) is 11.4 Å². The van der Waals surface area contributed by atoms with Crippen molar-refractivity contribution in [3.05, 3.63) is 54.2 Å². The van der Waals surface area contributed by atoms with Crippen molar-refractivity contribution in [2.75, 3.05) is 6.54 Å². The lowest BCUT2D eigenvalue weighted by atomic mass is 10.2. The maximum absolute atomic E-state index is 12.0. The molecule has 0 fully saturated rings. The third-order valence-electron chi connectivity index (χ3n) is 3.05. The molecular weight excluding hydrogens is 252 g/mol. The van der Waals surface area contributed by atoms with Crippen LogP contribution in [0.25, 0.3) is 17.0 Å². The zero-order valence-electron chi connectivity index (χ0n) is 11.1. The number of carbonyl (C=O) groups excluding carboxylic acids is 1. The number of amides is 1. The van der Waals surface area contributed by atoms with E-state index in [9.17, 15) is 4.79 Å².